The molecule has 104 valence electrons. The summed E-state index contributed by atoms with van der Waals surface area (Å²) in [5.41, 5.74) is 8.07. The van der Waals surface area contributed by atoms with Crippen molar-refractivity contribution in [3.05, 3.63) is 69.7 Å². The number of rotatable bonds is 5. The lowest BCUT2D eigenvalue weighted by atomic mass is 10.1. The van der Waals surface area contributed by atoms with Crippen molar-refractivity contribution in [2.24, 2.45) is 5.73 Å². The van der Waals surface area contributed by atoms with Crippen LogP contribution in [0.1, 0.15) is 34.5 Å². The molecule has 0 radical (unpaired) electrons. The molecule has 0 aliphatic heterocycles. The Hall–Kier alpha value is -1.65. The van der Waals surface area contributed by atoms with Crippen LogP contribution in [0.15, 0.2) is 53.0 Å². The molecule has 2 aromatic rings. The molecule has 2 rings (SSSR count). The molecule has 3 N–H and O–H groups in total. The van der Waals surface area contributed by atoms with Gasteiger partial charge in [0.1, 0.15) is 0 Å². The fraction of sp³-hybridized carbons (Fsp3) is 0.188. The quantitative estimate of drug-likeness (QED) is 0.881. The summed E-state index contributed by atoms with van der Waals surface area (Å²) in [4.78, 5) is 11.4. The normalized spacial score (nSPS) is 12.1. The van der Waals surface area contributed by atoms with E-state index in [0.717, 1.165) is 10.0 Å². The molecular formula is C16H17BrN2O. The number of amides is 1. The highest BCUT2D eigenvalue weighted by molar-refractivity contribution is 9.10. The zero-order valence-corrected chi connectivity index (χ0v) is 12.9. The van der Waals surface area contributed by atoms with Gasteiger partial charge in [0.15, 0.2) is 0 Å². The topological polar surface area (TPSA) is 55.1 Å². The van der Waals surface area contributed by atoms with E-state index in [1.54, 1.807) is 6.07 Å². The third kappa shape index (κ3) is 3.68. The number of primary amides is 1. The Morgan fingerprint density at radius 2 is 1.85 bits per heavy atom. The third-order valence-electron chi connectivity index (χ3n) is 3.25. The van der Waals surface area contributed by atoms with Crippen LogP contribution in [0, 0.1) is 0 Å². The second-order valence-corrected chi connectivity index (χ2v) is 5.59. The van der Waals surface area contributed by atoms with E-state index in [2.05, 4.69) is 40.3 Å². The Morgan fingerprint density at radius 1 is 1.20 bits per heavy atom. The minimum absolute atomic E-state index is 0.198. The average Bonchev–Trinajstić information content (AvgIpc) is 2.45. The second kappa shape index (κ2) is 6.68. The summed E-state index contributed by atoms with van der Waals surface area (Å²) in [6.45, 7) is 2.70. The van der Waals surface area contributed by atoms with Crippen molar-refractivity contribution < 1.29 is 4.79 Å². The second-order valence-electron chi connectivity index (χ2n) is 4.68. The first-order valence-corrected chi connectivity index (χ1v) is 7.24. The molecule has 1 amide bonds. The molecule has 0 aromatic heterocycles. The maximum Gasteiger partial charge on any atom is 0.249 e. The summed E-state index contributed by atoms with van der Waals surface area (Å²) in [5.74, 6) is -0.390. The lowest BCUT2D eigenvalue weighted by molar-refractivity contribution is 0.0999. The molecule has 4 heteroatoms. The highest BCUT2D eigenvalue weighted by Gasteiger charge is 2.09. The number of halogens is 1. The molecule has 2 aromatic carbocycles. The predicted octanol–water partition coefficient (Wildman–Crippen LogP) is 3.40. The number of hydrogen-bond acceptors (Lipinski definition) is 2. The van der Waals surface area contributed by atoms with E-state index in [1.165, 1.54) is 5.56 Å². The lowest BCUT2D eigenvalue weighted by Crippen LogP contribution is -2.21. The zero-order valence-electron chi connectivity index (χ0n) is 11.3. The van der Waals surface area contributed by atoms with Gasteiger partial charge in [-0.3, -0.25) is 4.79 Å². The molecule has 3 nitrogen and oxygen atoms in total. The monoisotopic (exact) mass is 332 g/mol. The van der Waals surface area contributed by atoms with Crippen LogP contribution in [0.2, 0.25) is 0 Å². The molecule has 0 aliphatic rings. The van der Waals surface area contributed by atoms with Gasteiger partial charge in [-0.15, -0.1) is 0 Å². The predicted molar refractivity (Wildman–Crippen MR) is 84.4 cm³/mol. The van der Waals surface area contributed by atoms with Crippen LogP contribution in [-0.4, -0.2) is 5.91 Å². The molecule has 0 heterocycles. The van der Waals surface area contributed by atoms with Crippen LogP contribution in [0.5, 0.6) is 0 Å². The van der Waals surface area contributed by atoms with E-state index >= 15 is 0 Å². The molecular weight excluding hydrogens is 316 g/mol. The Kier molecular flexibility index (Phi) is 4.93. The molecule has 0 fully saturated rings. The van der Waals surface area contributed by atoms with Crippen LogP contribution in [0.4, 0.5) is 0 Å². The van der Waals surface area contributed by atoms with E-state index in [4.69, 9.17) is 5.73 Å². The van der Waals surface area contributed by atoms with Crippen LogP contribution in [0.25, 0.3) is 0 Å². The van der Waals surface area contributed by atoms with E-state index in [1.807, 2.05) is 30.3 Å². The summed E-state index contributed by atoms with van der Waals surface area (Å²) in [7, 11) is 0. The smallest absolute Gasteiger partial charge is 0.249 e. The Balaban J connectivity index is 2.05. The number of hydrogen-bond donors (Lipinski definition) is 2. The van der Waals surface area contributed by atoms with E-state index in [-0.39, 0.29) is 6.04 Å². The van der Waals surface area contributed by atoms with Gasteiger partial charge in [-0.2, -0.15) is 0 Å². The fourth-order valence-corrected chi connectivity index (χ4v) is 2.31. The van der Waals surface area contributed by atoms with Crippen molar-refractivity contribution in [2.75, 3.05) is 0 Å². The first kappa shape index (κ1) is 14.8. The largest absolute Gasteiger partial charge is 0.366 e. The molecule has 20 heavy (non-hydrogen) atoms. The van der Waals surface area contributed by atoms with Gasteiger partial charge in [0.25, 0.3) is 0 Å². The molecule has 0 saturated heterocycles. The Bertz CT molecular complexity index is 596. The molecule has 1 unspecified atom stereocenters. The van der Waals surface area contributed by atoms with Crippen molar-refractivity contribution in [3.8, 4) is 0 Å². The summed E-state index contributed by atoms with van der Waals surface area (Å²) in [5, 5.41) is 3.41. The lowest BCUT2D eigenvalue weighted by Gasteiger charge is -2.15. The number of nitrogens with one attached hydrogen (secondary N) is 1. The molecule has 1 atom stereocenters. The van der Waals surface area contributed by atoms with Gasteiger partial charge < -0.3 is 11.1 Å². The Labute approximate surface area is 127 Å². The summed E-state index contributed by atoms with van der Waals surface area (Å²) >= 11 is 3.42. The van der Waals surface area contributed by atoms with E-state index in [9.17, 15) is 4.79 Å². The van der Waals surface area contributed by atoms with Crippen LogP contribution < -0.4 is 11.1 Å². The van der Waals surface area contributed by atoms with Gasteiger partial charge in [0, 0.05) is 22.6 Å². The van der Waals surface area contributed by atoms with Gasteiger partial charge in [0.2, 0.25) is 5.91 Å². The fourth-order valence-electron chi connectivity index (χ4n) is 2.05. The van der Waals surface area contributed by atoms with Gasteiger partial charge in [0.05, 0.1) is 0 Å². The maximum atomic E-state index is 11.4. The van der Waals surface area contributed by atoms with E-state index < -0.39 is 5.91 Å². The van der Waals surface area contributed by atoms with Crippen molar-refractivity contribution in [1.82, 2.24) is 5.32 Å². The van der Waals surface area contributed by atoms with Gasteiger partial charge >= 0.3 is 0 Å². The number of carbonyl (C=O) groups is 1. The van der Waals surface area contributed by atoms with Crippen molar-refractivity contribution in [1.29, 1.82) is 0 Å². The maximum absolute atomic E-state index is 11.4. The standard InChI is InChI=1S/C16H17BrN2O/c1-11(12-6-8-14(17)9-7-12)19-10-13-4-2-3-5-15(13)16(18)20/h2-9,11,19H,10H2,1H3,(H2,18,20). The molecule has 0 saturated carbocycles. The Morgan fingerprint density at radius 3 is 2.50 bits per heavy atom. The summed E-state index contributed by atoms with van der Waals surface area (Å²) in [6.07, 6.45) is 0. The van der Waals surface area contributed by atoms with Crippen LogP contribution >= 0.6 is 15.9 Å². The van der Waals surface area contributed by atoms with Gasteiger partial charge in [-0.1, -0.05) is 46.3 Å². The molecule has 0 aliphatic carbocycles. The van der Waals surface area contributed by atoms with Crippen LogP contribution in [0.3, 0.4) is 0 Å². The highest BCUT2D eigenvalue weighted by Crippen LogP contribution is 2.17. The first-order valence-electron chi connectivity index (χ1n) is 6.44. The zero-order chi connectivity index (χ0) is 14.5. The SMILES string of the molecule is CC(NCc1ccccc1C(N)=O)c1ccc(Br)cc1. The number of benzene rings is 2. The average molecular weight is 333 g/mol. The number of carbonyl (C=O) groups excluding carboxylic acids is 1. The van der Waals surface area contributed by atoms with Gasteiger partial charge in [-0.25, -0.2) is 0 Å². The van der Waals surface area contributed by atoms with E-state index in [0.29, 0.717) is 12.1 Å². The van der Waals surface area contributed by atoms with Crippen molar-refractivity contribution >= 4 is 21.8 Å². The molecule has 0 bridgehead atoms. The summed E-state index contributed by atoms with van der Waals surface area (Å²) in [6, 6.07) is 15.8. The van der Waals surface area contributed by atoms with Gasteiger partial charge in [-0.05, 0) is 36.2 Å². The van der Waals surface area contributed by atoms with Crippen molar-refractivity contribution in [3.63, 3.8) is 0 Å². The minimum Gasteiger partial charge on any atom is -0.366 e. The third-order valence-corrected chi connectivity index (χ3v) is 3.78. The number of nitrogens with two attached hydrogens (primary N) is 1. The highest BCUT2D eigenvalue weighted by atomic mass is 79.9. The van der Waals surface area contributed by atoms with Crippen LogP contribution in [-0.2, 0) is 6.54 Å². The first-order chi connectivity index (χ1) is 9.58. The molecule has 0 spiro atoms. The minimum atomic E-state index is -0.390. The van der Waals surface area contributed by atoms with Crippen molar-refractivity contribution in [2.45, 2.75) is 19.5 Å². The summed E-state index contributed by atoms with van der Waals surface area (Å²) < 4.78 is 1.06.